The molecule has 0 aromatic heterocycles. The average molecular weight is 353 g/mol. The molecular weight excluding hydrogens is 348 g/mol. The van der Waals surface area contributed by atoms with Gasteiger partial charge in [-0.05, 0) is 6.07 Å². The van der Waals surface area contributed by atoms with E-state index in [9.17, 15) is 31.7 Å². The van der Waals surface area contributed by atoms with Crippen molar-refractivity contribution in [3.8, 4) is 0 Å². The second kappa shape index (κ2) is 5.72. The SMILES string of the molecule is O=[N+]([O-])c1ccc(Cl)c(S(=O)(=O)NC(F)(F)CF)c1Cl. The van der Waals surface area contributed by atoms with E-state index in [1.54, 1.807) is 0 Å². The molecule has 0 fully saturated rings. The molecule has 0 unspecified atom stereocenters. The molecule has 20 heavy (non-hydrogen) atoms. The number of sulfonamides is 1. The van der Waals surface area contributed by atoms with Crippen molar-refractivity contribution in [1.82, 2.24) is 4.72 Å². The van der Waals surface area contributed by atoms with Crippen molar-refractivity contribution >= 4 is 38.9 Å². The predicted molar refractivity (Wildman–Crippen MR) is 64.4 cm³/mol. The smallest absolute Gasteiger partial charge is 0.258 e. The van der Waals surface area contributed by atoms with Crippen LogP contribution in [0.15, 0.2) is 17.0 Å². The van der Waals surface area contributed by atoms with Crippen molar-refractivity contribution < 1.29 is 26.5 Å². The van der Waals surface area contributed by atoms with Crippen LogP contribution in [0.25, 0.3) is 0 Å². The van der Waals surface area contributed by atoms with E-state index in [0.29, 0.717) is 0 Å². The van der Waals surface area contributed by atoms with Crippen molar-refractivity contribution in [1.29, 1.82) is 0 Å². The molecule has 0 atom stereocenters. The summed E-state index contributed by atoms with van der Waals surface area (Å²) in [6.07, 6.45) is 0. The van der Waals surface area contributed by atoms with Gasteiger partial charge in [-0.3, -0.25) is 10.1 Å². The number of halogens is 5. The van der Waals surface area contributed by atoms with Gasteiger partial charge in [0.1, 0.15) is 9.92 Å². The largest absolute Gasteiger partial charge is 0.343 e. The second-order valence-electron chi connectivity index (χ2n) is 3.41. The van der Waals surface area contributed by atoms with Crippen LogP contribution < -0.4 is 4.72 Å². The van der Waals surface area contributed by atoms with Gasteiger partial charge in [0, 0.05) is 6.07 Å². The molecular formula is C8H5Cl2F3N2O4S. The molecule has 0 amide bonds. The maximum absolute atomic E-state index is 12.8. The van der Waals surface area contributed by atoms with Gasteiger partial charge < -0.3 is 0 Å². The zero-order valence-corrected chi connectivity index (χ0v) is 11.6. The van der Waals surface area contributed by atoms with Gasteiger partial charge in [-0.2, -0.15) is 8.78 Å². The number of nitrogens with one attached hydrogen (secondary N) is 1. The Kier molecular flexibility index (Phi) is 4.85. The lowest BCUT2D eigenvalue weighted by molar-refractivity contribution is -0.384. The van der Waals surface area contributed by atoms with Crippen LogP contribution in [-0.4, -0.2) is 26.1 Å². The van der Waals surface area contributed by atoms with Crippen LogP contribution in [0.4, 0.5) is 18.9 Å². The summed E-state index contributed by atoms with van der Waals surface area (Å²) >= 11 is 11.0. The first-order valence-corrected chi connectivity index (χ1v) is 6.86. The van der Waals surface area contributed by atoms with Gasteiger partial charge in [-0.25, -0.2) is 12.8 Å². The summed E-state index contributed by atoms with van der Waals surface area (Å²) in [5.41, 5.74) is -0.847. The Morgan fingerprint density at radius 3 is 2.35 bits per heavy atom. The summed E-state index contributed by atoms with van der Waals surface area (Å²) < 4.78 is 61.6. The molecule has 0 saturated heterocycles. The molecule has 0 radical (unpaired) electrons. The highest BCUT2D eigenvalue weighted by Crippen LogP contribution is 2.36. The van der Waals surface area contributed by atoms with Gasteiger partial charge in [-0.15, -0.1) is 4.72 Å². The highest BCUT2D eigenvalue weighted by Gasteiger charge is 2.38. The Morgan fingerprint density at radius 1 is 1.35 bits per heavy atom. The number of hydrogen-bond donors (Lipinski definition) is 1. The van der Waals surface area contributed by atoms with Crippen LogP contribution in [0.2, 0.25) is 10.0 Å². The second-order valence-corrected chi connectivity index (χ2v) is 5.81. The molecule has 1 aromatic carbocycles. The molecule has 0 spiro atoms. The van der Waals surface area contributed by atoms with E-state index < -0.39 is 48.3 Å². The molecule has 0 aliphatic rings. The van der Waals surface area contributed by atoms with E-state index in [1.165, 1.54) is 0 Å². The van der Waals surface area contributed by atoms with Crippen LogP contribution in [-0.2, 0) is 10.0 Å². The Balaban J connectivity index is 3.46. The fraction of sp³-hybridized carbons (Fsp3) is 0.250. The molecule has 1 N–H and O–H groups in total. The van der Waals surface area contributed by atoms with Crippen molar-refractivity contribution in [2.75, 3.05) is 6.67 Å². The lowest BCUT2D eigenvalue weighted by Crippen LogP contribution is -2.42. The molecule has 1 rings (SSSR count). The number of nitro groups is 1. The summed E-state index contributed by atoms with van der Waals surface area (Å²) in [5, 5.41) is 9.03. The van der Waals surface area contributed by atoms with Gasteiger partial charge in [0.2, 0.25) is 10.0 Å². The first-order chi connectivity index (χ1) is 9.02. The molecule has 0 aliphatic carbocycles. The monoisotopic (exact) mass is 352 g/mol. The lowest BCUT2D eigenvalue weighted by atomic mass is 10.3. The van der Waals surface area contributed by atoms with Gasteiger partial charge in [0.15, 0.2) is 6.67 Å². The summed E-state index contributed by atoms with van der Waals surface area (Å²) in [7, 11) is -5.06. The van der Waals surface area contributed by atoms with Crippen LogP contribution in [0, 0.1) is 10.1 Å². The predicted octanol–water partition coefficient (Wildman–Crippen LogP) is 2.74. The minimum absolute atomic E-state index is 0.622. The van der Waals surface area contributed by atoms with Crippen molar-refractivity contribution in [3.05, 3.63) is 32.3 Å². The summed E-state index contributed by atoms with van der Waals surface area (Å²) in [6, 6.07) is -2.79. The number of nitrogens with zero attached hydrogens (tertiary/aromatic N) is 1. The minimum atomic E-state index is -5.06. The average Bonchev–Trinajstić information content (AvgIpc) is 2.26. The maximum Gasteiger partial charge on any atom is 0.343 e. The molecule has 0 aliphatic heterocycles. The topological polar surface area (TPSA) is 89.3 Å². The van der Waals surface area contributed by atoms with Crippen LogP contribution in [0.1, 0.15) is 0 Å². The molecule has 1 aromatic rings. The standard InChI is InChI=1S/C8H5Cl2F3N2O4S/c9-4-1-2-5(15(16)17)6(10)7(4)20(18,19)14-8(12,13)3-11/h1-2,14H,3H2. The van der Waals surface area contributed by atoms with Crippen LogP contribution in [0.3, 0.4) is 0 Å². The third-order valence-corrected chi connectivity index (χ3v) is 4.40. The van der Waals surface area contributed by atoms with E-state index >= 15 is 0 Å². The summed E-state index contributed by atoms with van der Waals surface area (Å²) in [5.74, 6) is 0. The Labute approximate surface area is 120 Å². The van der Waals surface area contributed by atoms with Crippen molar-refractivity contribution in [2.45, 2.75) is 10.9 Å². The normalized spacial score (nSPS) is 12.4. The van der Waals surface area contributed by atoms with E-state index in [4.69, 9.17) is 23.2 Å². The minimum Gasteiger partial charge on any atom is -0.258 e. The van der Waals surface area contributed by atoms with Gasteiger partial charge in [0.25, 0.3) is 5.69 Å². The molecule has 0 heterocycles. The highest BCUT2D eigenvalue weighted by atomic mass is 35.5. The van der Waals surface area contributed by atoms with E-state index in [-0.39, 0.29) is 0 Å². The summed E-state index contributed by atoms with van der Waals surface area (Å²) in [4.78, 5) is 8.46. The first kappa shape index (κ1) is 17.0. The fourth-order valence-electron chi connectivity index (χ4n) is 1.18. The van der Waals surface area contributed by atoms with E-state index in [0.717, 1.165) is 16.9 Å². The molecule has 0 bridgehead atoms. The molecule has 6 nitrogen and oxygen atoms in total. The number of hydrogen-bond acceptors (Lipinski definition) is 4. The highest BCUT2D eigenvalue weighted by molar-refractivity contribution is 7.89. The number of nitro benzene ring substituents is 1. The van der Waals surface area contributed by atoms with Gasteiger partial charge >= 0.3 is 6.05 Å². The Bertz CT molecular complexity index is 653. The first-order valence-electron chi connectivity index (χ1n) is 4.62. The zero-order chi connectivity index (χ0) is 15.7. The molecule has 12 heteroatoms. The Morgan fingerprint density at radius 2 is 1.90 bits per heavy atom. The number of benzene rings is 1. The van der Waals surface area contributed by atoms with Crippen LogP contribution in [0.5, 0.6) is 0 Å². The zero-order valence-electron chi connectivity index (χ0n) is 9.24. The summed E-state index contributed by atoms with van der Waals surface area (Å²) in [6.45, 7) is -2.31. The Hall–Kier alpha value is -1.10. The third kappa shape index (κ3) is 3.51. The number of alkyl halides is 3. The van der Waals surface area contributed by atoms with Gasteiger partial charge in [-0.1, -0.05) is 23.2 Å². The van der Waals surface area contributed by atoms with E-state index in [1.807, 2.05) is 0 Å². The lowest BCUT2D eigenvalue weighted by Gasteiger charge is -2.15. The number of rotatable bonds is 5. The van der Waals surface area contributed by atoms with Crippen molar-refractivity contribution in [3.63, 3.8) is 0 Å². The molecule has 0 saturated carbocycles. The van der Waals surface area contributed by atoms with Gasteiger partial charge in [0.05, 0.1) is 9.95 Å². The molecule has 112 valence electrons. The van der Waals surface area contributed by atoms with Crippen LogP contribution >= 0.6 is 23.2 Å². The maximum atomic E-state index is 12.8. The van der Waals surface area contributed by atoms with E-state index in [2.05, 4.69) is 0 Å². The fourth-order valence-corrected chi connectivity index (χ4v) is 3.45. The third-order valence-electron chi connectivity index (χ3n) is 1.95. The van der Waals surface area contributed by atoms with Crippen molar-refractivity contribution in [2.24, 2.45) is 0 Å². The quantitative estimate of drug-likeness (QED) is 0.501.